The van der Waals surface area contributed by atoms with Gasteiger partial charge < -0.3 is 9.88 Å². The van der Waals surface area contributed by atoms with Gasteiger partial charge in [0.2, 0.25) is 0 Å². The van der Waals surface area contributed by atoms with E-state index in [1.807, 2.05) is 25.2 Å². The Bertz CT molecular complexity index is 737. The lowest BCUT2D eigenvalue weighted by molar-refractivity contribution is 0.722. The Labute approximate surface area is 117 Å². The van der Waals surface area contributed by atoms with Gasteiger partial charge in [0.05, 0.1) is 11.0 Å². The van der Waals surface area contributed by atoms with Crippen molar-refractivity contribution in [3.05, 3.63) is 35.8 Å². The smallest absolute Gasteiger partial charge is 0.145 e. The normalized spacial score (nSPS) is 10.1. The number of anilines is 1. The monoisotopic (exact) mass is 265 g/mol. The third kappa shape index (κ3) is 2.48. The van der Waals surface area contributed by atoms with E-state index in [1.54, 1.807) is 12.1 Å². The van der Waals surface area contributed by atoms with Gasteiger partial charge in [0.25, 0.3) is 0 Å². The van der Waals surface area contributed by atoms with Crippen molar-refractivity contribution in [2.24, 2.45) is 7.05 Å². The van der Waals surface area contributed by atoms with Crippen LogP contribution in [0.4, 0.5) is 5.69 Å². The summed E-state index contributed by atoms with van der Waals surface area (Å²) in [7, 11) is 2.00. The molecule has 1 aromatic carbocycles. The molecule has 0 aliphatic carbocycles. The minimum atomic E-state index is 0.0361. The van der Waals surface area contributed by atoms with Crippen molar-refractivity contribution in [3.8, 4) is 12.1 Å². The van der Waals surface area contributed by atoms with E-state index in [1.165, 1.54) is 6.20 Å². The Balaban J connectivity index is 2.38. The molecule has 0 radical (unpaired) electrons. The summed E-state index contributed by atoms with van der Waals surface area (Å²) < 4.78 is 2.08. The standard InChI is InChI=1S/C15H15N5/c1-10(2)15-19-13-6-12(4-5-14(13)20(15)3)18-9-11(7-16)8-17/h4-6,9-10,18H,1-3H3. The quantitative estimate of drug-likeness (QED) is 0.865. The van der Waals surface area contributed by atoms with E-state index in [0.717, 1.165) is 22.5 Å². The zero-order chi connectivity index (χ0) is 14.7. The molecule has 2 aromatic rings. The van der Waals surface area contributed by atoms with Crippen molar-refractivity contribution in [2.45, 2.75) is 19.8 Å². The number of allylic oxidation sites excluding steroid dienone is 1. The van der Waals surface area contributed by atoms with Crippen molar-refractivity contribution < 1.29 is 0 Å². The third-order valence-electron chi connectivity index (χ3n) is 3.06. The second kappa shape index (κ2) is 5.46. The molecule has 1 heterocycles. The van der Waals surface area contributed by atoms with E-state index in [9.17, 15) is 0 Å². The zero-order valence-electron chi connectivity index (χ0n) is 11.7. The van der Waals surface area contributed by atoms with Crippen LogP contribution in [-0.2, 0) is 7.05 Å². The number of nitriles is 2. The average molecular weight is 265 g/mol. The van der Waals surface area contributed by atoms with E-state index in [4.69, 9.17) is 10.5 Å². The number of nitrogens with zero attached hydrogens (tertiary/aromatic N) is 4. The Morgan fingerprint density at radius 2 is 2.05 bits per heavy atom. The fourth-order valence-electron chi connectivity index (χ4n) is 2.07. The zero-order valence-corrected chi connectivity index (χ0v) is 11.7. The molecule has 0 aliphatic heterocycles. The number of nitrogens with one attached hydrogen (secondary N) is 1. The molecule has 2 rings (SSSR count). The van der Waals surface area contributed by atoms with Gasteiger partial charge in [0, 0.05) is 24.9 Å². The van der Waals surface area contributed by atoms with Crippen LogP contribution < -0.4 is 5.32 Å². The summed E-state index contributed by atoms with van der Waals surface area (Å²) in [5.41, 5.74) is 2.79. The minimum absolute atomic E-state index is 0.0361. The molecule has 100 valence electrons. The summed E-state index contributed by atoms with van der Waals surface area (Å²) in [4.78, 5) is 4.61. The fourth-order valence-corrected chi connectivity index (χ4v) is 2.07. The minimum Gasteiger partial charge on any atom is -0.360 e. The van der Waals surface area contributed by atoms with Crippen molar-refractivity contribution in [3.63, 3.8) is 0 Å². The van der Waals surface area contributed by atoms with Crippen LogP contribution in [-0.4, -0.2) is 9.55 Å². The largest absolute Gasteiger partial charge is 0.360 e. The number of fused-ring (bicyclic) bond motifs is 1. The van der Waals surface area contributed by atoms with Gasteiger partial charge in [-0.05, 0) is 18.2 Å². The summed E-state index contributed by atoms with van der Waals surface area (Å²) in [6.07, 6.45) is 1.40. The Morgan fingerprint density at radius 1 is 1.35 bits per heavy atom. The van der Waals surface area contributed by atoms with Crippen LogP contribution in [0.15, 0.2) is 30.0 Å². The highest BCUT2D eigenvalue weighted by molar-refractivity contribution is 5.80. The summed E-state index contributed by atoms with van der Waals surface area (Å²) in [5, 5.41) is 20.3. The molecule has 5 heteroatoms. The van der Waals surface area contributed by atoms with Crippen LogP contribution in [0.1, 0.15) is 25.6 Å². The van der Waals surface area contributed by atoms with Gasteiger partial charge in [-0.25, -0.2) is 4.98 Å². The molecule has 0 fully saturated rings. The fraction of sp³-hybridized carbons (Fsp3) is 0.267. The Hall–Kier alpha value is -2.79. The number of hydrogen-bond donors (Lipinski definition) is 1. The summed E-state index contributed by atoms with van der Waals surface area (Å²) in [5.74, 6) is 1.38. The SMILES string of the molecule is CC(C)c1nc2cc(NC=C(C#N)C#N)ccc2n1C. The van der Waals surface area contributed by atoms with Gasteiger partial charge in [-0.15, -0.1) is 0 Å². The van der Waals surface area contributed by atoms with Crippen molar-refractivity contribution in [1.82, 2.24) is 9.55 Å². The van der Waals surface area contributed by atoms with Gasteiger partial charge in [0.15, 0.2) is 0 Å². The van der Waals surface area contributed by atoms with Crippen LogP contribution in [0, 0.1) is 22.7 Å². The first-order valence-corrected chi connectivity index (χ1v) is 6.30. The second-order valence-electron chi connectivity index (χ2n) is 4.81. The first-order valence-electron chi connectivity index (χ1n) is 6.30. The van der Waals surface area contributed by atoms with E-state index in [2.05, 4.69) is 28.7 Å². The van der Waals surface area contributed by atoms with Crippen LogP contribution in [0.2, 0.25) is 0 Å². The third-order valence-corrected chi connectivity index (χ3v) is 3.06. The van der Waals surface area contributed by atoms with Crippen LogP contribution >= 0.6 is 0 Å². The number of benzene rings is 1. The van der Waals surface area contributed by atoms with Crippen molar-refractivity contribution in [2.75, 3.05) is 5.32 Å². The van der Waals surface area contributed by atoms with Gasteiger partial charge in [-0.1, -0.05) is 13.8 Å². The molecular weight excluding hydrogens is 250 g/mol. The van der Waals surface area contributed by atoms with E-state index in [0.29, 0.717) is 5.92 Å². The lowest BCUT2D eigenvalue weighted by atomic mass is 10.2. The van der Waals surface area contributed by atoms with E-state index in [-0.39, 0.29) is 5.57 Å². The molecule has 5 nitrogen and oxygen atoms in total. The summed E-state index contributed by atoms with van der Waals surface area (Å²) >= 11 is 0. The lowest BCUT2D eigenvalue weighted by Gasteiger charge is -2.04. The van der Waals surface area contributed by atoms with Gasteiger partial charge in [0.1, 0.15) is 23.5 Å². The molecule has 1 aromatic heterocycles. The molecule has 0 spiro atoms. The predicted octanol–water partition coefficient (Wildman–Crippen LogP) is 3.04. The maximum Gasteiger partial charge on any atom is 0.145 e. The molecule has 0 bridgehead atoms. The first kappa shape index (κ1) is 13.6. The molecule has 0 saturated carbocycles. The molecule has 0 unspecified atom stereocenters. The highest BCUT2D eigenvalue weighted by atomic mass is 15.1. The lowest BCUT2D eigenvalue weighted by Crippen LogP contribution is -1.99. The highest BCUT2D eigenvalue weighted by Gasteiger charge is 2.10. The van der Waals surface area contributed by atoms with Gasteiger partial charge in [-0.2, -0.15) is 10.5 Å². The van der Waals surface area contributed by atoms with Crippen molar-refractivity contribution in [1.29, 1.82) is 10.5 Å². The molecular formula is C15H15N5. The number of rotatable bonds is 3. The Morgan fingerprint density at radius 3 is 2.65 bits per heavy atom. The average Bonchev–Trinajstić information content (AvgIpc) is 2.77. The molecule has 0 saturated heterocycles. The van der Waals surface area contributed by atoms with Crippen LogP contribution in [0.25, 0.3) is 11.0 Å². The van der Waals surface area contributed by atoms with Crippen LogP contribution in [0.3, 0.4) is 0 Å². The number of aryl methyl sites for hydroxylation is 1. The molecule has 1 N–H and O–H groups in total. The van der Waals surface area contributed by atoms with Crippen LogP contribution in [0.5, 0.6) is 0 Å². The number of aromatic nitrogens is 2. The molecule has 0 aliphatic rings. The van der Waals surface area contributed by atoms with Gasteiger partial charge in [-0.3, -0.25) is 0 Å². The number of hydrogen-bond acceptors (Lipinski definition) is 4. The van der Waals surface area contributed by atoms with E-state index < -0.39 is 0 Å². The summed E-state index contributed by atoms with van der Waals surface area (Å²) in [6, 6.07) is 9.39. The first-order chi connectivity index (χ1) is 9.56. The molecule has 20 heavy (non-hydrogen) atoms. The maximum atomic E-state index is 8.68. The topological polar surface area (TPSA) is 77.4 Å². The molecule has 0 atom stereocenters. The summed E-state index contributed by atoms with van der Waals surface area (Å²) in [6.45, 7) is 4.21. The highest BCUT2D eigenvalue weighted by Crippen LogP contribution is 2.23. The number of imidazole rings is 1. The Kier molecular flexibility index (Phi) is 3.72. The van der Waals surface area contributed by atoms with E-state index >= 15 is 0 Å². The van der Waals surface area contributed by atoms with Gasteiger partial charge >= 0.3 is 0 Å². The molecule has 0 amide bonds. The predicted molar refractivity (Wildman–Crippen MR) is 77.7 cm³/mol. The maximum absolute atomic E-state index is 8.68. The van der Waals surface area contributed by atoms with Crippen molar-refractivity contribution >= 4 is 16.7 Å². The second-order valence-corrected chi connectivity index (χ2v) is 4.81.